The summed E-state index contributed by atoms with van der Waals surface area (Å²) in [5, 5.41) is 8.59. The van der Waals surface area contributed by atoms with Crippen molar-refractivity contribution < 1.29 is 18.0 Å². The van der Waals surface area contributed by atoms with Crippen molar-refractivity contribution in [3.05, 3.63) is 81.6 Å². The van der Waals surface area contributed by atoms with Crippen molar-refractivity contribution in [1.82, 2.24) is 25.6 Å². The van der Waals surface area contributed by atoms with Crippen LogP contribution in [0.2, 0.25) is 0 Å². The molecule has 6 nitrogen and oxygen atoms in total. The summed E-state index contributed by atoms with van der Waals surface area (Å²) in [5.74, 6) is 0.337. The van der Waals surface area contributed by atoms with Gasteiger partial charge in [-0.2, -0.15) is 13.2 Å². The Bertz CT molecular complexity index is 1200. The lowest BCUT2D eigenvalue weighted by atomic mass is 10.2. The van der Waals surface area contributed by atoms with E-state index in [4.69, 9.17) is 0 Å². The molecule has 3 N–H and O–H groups in total. The van der Waals surface area contributed by atoms with E-state index in [1.54, 1.807) is 5.38 Å². The van der Waals surface area contributed by atoms with Crippen molar-refractivity contribution in [2.75, 3.05) is 6.54 Å². The van der Waals surface area contributed by atoms with E-state index in [0.717, 1.165) is 22.7 Å². The molecule has 0 radical (unpaired) electrons. The van der Waals surface area contributed by atoms with Gasteiger partial charge in [-0.15, -0.1) is 11.3 Å². The predicted octanol–water partition coefficient (Wildman–Crippen LogP) is 4.30. The maximum Gasteiger partial charge on any atom is 0.416 e. The van der Waals surface area contributed by atoms with Gasteiger partial charge in [0.05, 0.1) is 28.1 Å². The average molecular weight is 459 g/mol. The highest BCUT2D eigenvalue weighted by atomic mass is 32.1. The van der Waals surface area contributed by atoms with E-state index in [2.05, 4.69) is 25.6 Å². The zero-order valence-electron chi connectivity index (χ0n) is 16.9. The van der Waals surface area contributed by atoms with Gasteiger partial charge in [0.25, 0.3) is 5.91 Å². The van der Waals surface area contributed by atoms with Gasteiger partial charge in [0.15, 0.2) is 0 Å². The second-order valence-corrected chi connectivity index (χ2v) is 8.08. The Balaban J connectivity index is 1.24. The van der Waals surface area contributed by atoms with Crippen LogP contribution in [-0.4, -0.2) is 27.4 Å². The number of nitrogens with zero attached hydrogens (tertiary/aromatic N) is 2. The molecule has 0 saturated heterocycles. The lowest BCUT2D eigenvalue weighted by Gasteiger charge is -2.04. The molecule has 2 aromatic heterocycles. The zero-order chi connectivity index (χ0) is 22.6. The Kier molecular flexibility index (Phi) is 6.52. The third-order valence-electron chi connectivity index (χ3n) is 4.75. The number of aromatic amines is 1. The first-order valence-electron chi connectivity index (χ1n) is 9.91. The molecular weight excluding hydrogens is 439 g/mol. The maximum absolute atomic E-state index is 12.8. The molecule has 0 spiro atoms. The van der Waals surface area contributed by atoms with Crippen molar-refractivity contribution in [3.63, 3.8) is 0 Å². The van der Waals surface area contributed by atoms with E-state index in [9.17, 15) is 18.0 Å². The average Bonchev–Trinajstić information content (AvgIpc) is 3.41. The van der Waals surface area contributed by atoms with Crippen molar-refractivity contribution in [1.29, 1.82) is 0 Å². The molecule has 32 heavy (non-hydrogen) atoms. The van der Waals surface area contributed by atoms with Gasteiger partial charge >= 0.3 is 6.18 Å². The van der Waals surface area contributed by atoms with E-state index in [-0.39, 0.29) is 11.4 Å². The lowest BCUT2D eigenvalue weighted by molar-refractivity contribution is -0.137. The van der Waals surface area contributed by atoms with E-state index in [0.29, 0.717) is 43.1 Å². The molecule has 0 aliphatic carbocycles. The smallest absolute Gasteiger partial charge is 0.347 e. The number of carbonyl (C=O) groups is 1. The second-order valence-electron chi connectivity index (χ2n) is 7.13. The van der Waals surface area contributed by atoms with Gasteiger partial charge in [-0.25, -0.2) is 9.97 Å². The number of imidazole rings is 1. The summed E-state index contributed by atoms with van der Waals surface area (Å²) in [6.07, 6.45) is -3.77. The first-order chi connectivity index (χ1) is 15.4. The third-order valence-corrected chi connectivity index (χ3v) is 5.66. The molecule has 4 rings (SSSR count). The van der Waals surface area contributed by atoms with Crippen LogP contribution < -0.4 is 10.6 Å². The maximum atomic E-state index is 12.8. The van der Waals surface area contributed by atoms with Crippen LogP contribution >= 0.6 is 11.3 Å². The second kappa shape index (κ2) is 9.49. The summed E-state index contributed by atoms with van der Waals surface area (Å²) < 4.78 is 38.5. The quantitative estimate of drug-likeness (QED) is 0.343. The standard InChI is InChI=1S/C22H20F3N5OS/c23-22(24,25)15-6-7-16-17(10-15)29-19(28-16)12-26-9-8-20-30-18(13-32-20)21(31)27-11-14-4-2-1-3-5-14/h1-7,10,13,26H,8-9,11-12H2,(H,27,31)(H,28,29). The number of nitrogens with one attached hydrogen (secondary N) is 3. The highest BCUT2D eigenvalue weighted by Crippen LogP contribution is 2.30. The summed E-state index contributed by atoms with van der Waals surface area (Å²) >= 11 is 1.41. The van der Waals surface area contributed by atoms with Gasteiger partial charge in [0.1, 0.15) is 11.5 Å². The molecule has 0 atom stereocenters. The molecule has 0 aliphatic rings. The van der Waals surface area contributed by atoms with E-state index < -0.39 is 11.7 Å². The summed E-state index contributed by atoms with van der Waals surface area (Å²) in [4.78, 5) is 23.9. The van der Waals surface area contributed by atoms with Crippen molar-refractivity contribution in [3.8, 4) is 0 Å². The lowest BCUT2D eigenvalue weighted by Crippen LogP contribution is -2.23. The number of halogens is 3. The fraction of sp³-hybridized carbons (Fsp3) is 0.227. The first-order valence-corrected chi connectivity index (χ1v) is 10.8. The summed E-state index contributed by atoms with van der Waals surface area (Å²) in [6, 6.07) is 13.1. The van der Waals surface area contributed by atoms with Crippen molar-refractivity contribution in [2.45, 2.75) is 25.7 Å². The van der Waals surface area contributed by atoms with Crippen molar-refractivity contribution in [2.24, 2.45) is 0 Å². The largest absolute Gasteiger partial charge is 0.416 e. The Hall–Kier alpha value is -3.24. The van der Waals surface area contributed by atoms with Crippen LogP contribution in [-0.2, 0) is 25.7 Å². The summed E-state index contributed by atoms with van der Waals surface area (Å²) in [6.45, 7) is 1.41. The van der Waals surface area contributed by atoms with Crippen LogP contribution in [0.25, 0.3) is 11.0 Å². The Morgan fingerprint density at radius 1 is 1.06 bits per heavy atom. The molecule has 166 valence electrons. The topological polar surface area (TPSA) is 82.7 Å². The van der Waals surface area contributed by atoms with E-state index >= 15 is 0 Å². The molecular formula is C22H20F3N5OS. The SMILES string of the molecule is O=C(NCc1ccccc1)c1csc(CCNCc2nc3cc(C(F)(F)F)ccc3[nH]2)n1. The fourth-order valence-electron chi connectivity index (χ4n) is 3.12. The zero-order valence-corrected chi connectivity index (χ0v) is 17.7. The minimum Gasteiger partial charge on any atom is -0.347 e. The van der Waals surface area contributed by atoms with Crippen LogP contribution in [0, 0.1) is 0 Å². The van der Waals surface area contributed by atoms with Gasteiger partial charge in [-0.3, -0.25) is 4.79 Å². The van der Waals surface area contributed by atoms with Crippen LogP contribution in [0.4, 0.5) is 13.2 Å². The van der Waals surface area contributed by atoms with E-state index in [1.165, 1.54) is 17.4 Å². The Morgan fingerprint density at radius 2 is 1.88 bits per heavy atom. The highest BCUT2D eigenvalue weighted by molar-refractivity contribution is 7.09. The molecule has 4 aromatic rings. The van der Waals surface area contributed by atoms with Gasteiger partial charge in [-0.05, 0) is 23.8 Å². The molecule has 0 aliphatic heterocycles. The number of aromatic nitrogens is 3. The number of alkyl halides is 3. The number of amides is 1. The molecule has 2 heterocycles. The molecule has 1 amide bonds. The molecule has 0 bridgehead atoms. The Morgan fingerprint density at radius 3 is 2.66 bits per heavy atom. The van der Waals surface area contributed by atoms with Crippen LogP contribution in [0.15, 0.2) is 53.9 Å². The molecule has 0 saturated carbocycles. The number of fused-ring (bicyclic) bond motifs is 1. The van der Waals surface area contributed by atoms with Gasteiger partial charge in [0.2, 0.25) is 0 Å². The highest BCUT2D eigenvalue weighted by Gasteiger charge is 2.30. The van der Waals surface area contributed by atoms with Gasteiger partial charge in [0, 0.05) is 24.9 Å². The minimum absolute atomic E-state index is 0.218. The van der Waals surface area contributed by atoms with E-state index in [1.807, 2.05) is 30.3 Å². The van der Waals surface area contributed by atoms with Crippen LogP contribution in [0.3, 0.4) is 0 Å². The predicted molar refractivity (Wildman–Crippen MR) is 116 cm³/mol. The first kappa shape index (κ1) is 22.0. The number of thiazole rings is 1. The number of hydrogen-bond acceptors (Lipinski definition) is 5. The summed E-state index contributed by atoms with van der Waals surface area (Å²) in [5.41, 5.74) is 1.52. The van der Waals surface area contributed by atoms with Crippen molar-refractivity contribution >= 4 is 28.3 Å². The van der Waals surface area contributed by atoms with Gasteiger partial charge < -0.3 is 15.6 Å². The number of hydrogen-bond donors (Lipinski definition) is 3. The molecule has 0 unspecified atom stereocenters. The number of benzene rings is 2. The number of H-pyrrole nitrogens is 1. The molecule has 2 aromatic carbocycles. The normalized spacial score (nSPS) is 11.7. The fourth-order valence-corrected chi connectivity index (χ4v) is 3.90. The number of rotatable bonds is 8. The third kappa shape index (κ3) is 5.51. The van der Waals surface area contributed by atoms with Crippen LogP contribution in [0.1, 0.15) is 32.4 Å². The monoisotopic (exact) mass is 459 g/mol. The summed E-state index contributed by atoms with van der Waals surface area (Å²) in [7, 11) is 0. The molecule has 0 fully saturated rings. The molecule has 10 heteroatoms. The van der Waals surface area contributed by atoms with Crippen LogP contribution in [0.5, 0.6) is 0 Å². The number of carbonyl (C=O) groups excluding carboxylic acids is 1. The Labute approximate surface area is 185 Å². The minimum atomic E-state index is -4.39. The van der Waals surface area contributed by atoms with Gasteiger partial charge in [-0.1, -0.05) is 30.3 Å².